The molecule has 2 N–H and O–H groups in total. The van der Waals surface area contributed by atoms with Crippen molar-refractivity contribution in [2.24, 2.45) is 5.73 Å². The van der Waals surface area contributed by atoms with E-state index in [0.29, 0.717) is 12.8 Å². The molecule has 1 atom stereocenters. The highest BCUT2D eigenvalue weighted by Gasteiger charge is 2.30. The SMILES string of the molecule is COC(C)(C)CC(N)Cc1ccc(C(F)(F)F)cc1. The van der Waals surface area contributed by atoms with Crippen LogP contribution in [0.25, 0.3) is 0 Å². The first-order chi connectivity index (χ1) is 8.64. The van der Waals surface area contributed by atoms with Crippen molar-refractivity contribution in [3.63, 3.8) is 0 Å². The smallest absolute Gasteiger partial charge is 0.379 e. The largest absolute Gasteiger partial charge is 0.416 e. The van der Waals surface area contributed by atoms with Crippen LogP contribution < -0.4 is 5.73 Å². The van der Waals surface area contributed by atoms with E-state index in [4.69, 9.17) is 10.5 Å². The maximum atomic E-state index is 12.4. The van der Waals surface area contributed by atoms with Crippen LogP contribution in [0.15, 0.2) is 24.3 Å². The Balaban J connectivity index is 2.63. The number of hydrogen-bond donors (Lipinski definition) is 1. The van der Waals surface area contributed by atoms with Crippen molar-refractivity contribution in [1.82, 2.24) is 0 Å². The van der Waals surface area contributed by atoms with Gasteiger partial charge in [0.15, 0.2) is 0 Å². The van der Waals surface area contributed by atoms with Crippen LogP contribution >= 0.6 is 0 Å². The Morgan fingerprint density at radius 2 is 1.68 bits per heavy atom. The lowest BCUT2D eigenvalue weighted by atomic mass is 9.94. The van der Waals surface area contributed by atoms with Gasteiger partial charge in [0.2, 0.25) is 0 Å². The highest BCUT2D eigenvalue weighted by Crippen LogP contribution is 2.29. The van der Waals surface area contributed by atoms with Crippen LogP contribution in [0.2, 0.25) is 0 Å². The van der Waals surface area contributed by atoms with Gasteiger partial charge in [0.25, 0.3) is 0 Å². The molecule has 108 valence electrons. The summed E-state index contributed by atoms with van der Waals surface area (Å²) >= 11 is 0. The molecule has 0 aromatic heterocycles. The number of methoxy groups -OCH3 is 1. The van der Waals surface area contributed by atoms with Crippen molar-refractivity contribution in [1.29, 1.82) is 0 Å². The molecule has 5 heteroatoms. The van der Waals surface area contributed by atoms with E-state index >= 15 is 0 Å². The minimum Gasteiger partial charge on any atom is -0.379 e. The molecule has 1 unspecified atom stereocenters. The normalized spacial score (nSPS) is 14.5. The molecule has 0 aliphatic carbocycles. The van der Waals surface area contributed by atoms with Crippen molar-refractivity contribution in [3.05, 3.63) is 35.4 Å². The lowest BCUT2D eigenvalue weighted by Gasteiger charge is -2.26. The Bertz CT molecular complexity index is 398. The van der Waals surface area contributed by atoms with Crippen molar-refractivity contribution >= 4 is 0 Å². The Hall–Kier alpha value is -1.07. The van der Waals surface area contributed by atoms with E-state index in [1.165, 1.54) is 12.1 Å². The van der Waals surface area contributed by atoms with Crippen molar-refractivity contribution in [3.8, 4) is 0 Å². The second kappa shape index (κ2) is 5.92. The van der Waals surface area contributed by atoms with E-state index < -0.39 is 11.7 Å². The van der Waals surface area contributed by atoms with Crippen LogP contribution in [0.4, 0.5) is 13.2 Å². The van der Waals surface area contributed by atoms with Crippen LogP contribution in [0.3, 0.4) is 0 Å². The van der Waals surface area contributed by atoms with Crippen LogP contribution in [0.5, 0.6) is 0 Å². The van der Waals surface area contributed by atoms with Crippen molar-refractivity contribution < 1.29 is 17.9 Å². The van der Waals surface area contributed by atoms with E-state index in [1.54, 1.807) is 7.11 Å². The van der Waals surface area contributed by atoms with Gasteiger partial charge in [-0.3, -0.25) is 0 Å². The molecule has 0 heterocycles. The van der Waals surface area contributed by atoms with Crippen molar-refractivity contribution in [2.75, 3.05) is 7.11 Å². The lowest BCUT2D eigenvalue weighted by molar-refractivity contribution is -0.137. The topological polar surface area (TPSA) is 35.2 Å². The lowest BCUT2D eigenvalue weighted by Crippen LogP contribution is -2.35. The fourth-order valence-electron chi connectivity index (χ4n) is 1.92. The number of hydrogen-bond acceptors (Lipinski definition) is 2. The summed E-state index contributed by atoms with van der Waals surface area (Å²) in [5.41, 5.74) is 5.82. The third kappa shape index (κ3) is 5.20. The van der Waals surface area contributed by atoms with Gasteiger partial charge in [0.05, 0.1) is 11.2 Å². The highest BCUT2D eigenvalue weighted by atomic mass is 19.4. The highest BCUT2D eigenvalue weighted by molar-refractivity contribution is 5.25. The summed E-state index contributed by atoms with van der Waals surface area (Å²) in [6.07, 6.45) is -3.12. The average Bonchev–Trinajstić information content (AvgIpc) is 2.27. The van der Waals surface area contributed by atoms with Gasteiger partial charge in [-0.15, -0.1) is 0 Å². The van der Waals surface area contributed by atoms with Gasteiger partial charge in [-0.25, -0.2) is 0 Å². The third-order valence-corrected chi connectivity index (χ3v) is 3.09. The fourth-order valence-corrected chi connectivity index (χ4v) is 1.92. The van der Waals surface area contributed by atoms with Gasteiger partial charge in [-0.05, 0) is 44.4 Å². The zero-order valence-electron chi connectivity index (χ0n) is 11.4. The van der Waals surface area contributed by atoms with E-state index in [-0.39, 0.29) is 11.6 Å². The quantitative estimate of drug-likeness (QED) is 0.894. The first-order valence-electron chi connectivity index (χ1n) is 6.11. The summed E-state index contributed by atoms with van der Waals surface area (Å²) in [6.45, 7) is 3.86. The minimum atomic E-state index is -4.29. The van der Waals surface area contributed by atoms with Gasteiger partial charge in [0.1, 0.15) is 0 Å². The zero-order valence-corrected chi connectivity index (χ0v) is 11.4. The van der Waals surface area contributed by atoms with Gasteiger partial charge in [0, 0.05) is 13.2 Å². The molecule has 1 rings (SSSR count). The number of alkyl halides is 3. The van der Waals surface area contributed by atoms with Gasteiger partial charge in [-0.2, -0.15) is 13.2 Å². The first kappa shape index (κ1) is 16.0. The molecule has 0 saturated carbocycles. The number of benzene rings is 1. The van der Waals surface area contributed by atoms with E-state index in [2.05, 4.69) is 0 Å². The maximum Gasteiger partial charge on any atom is 0.416 e. The molecule has 1 aromatic carbocycles. The molecular formula is C14H20F3NO. The third-order valence-electron chi connectivity index (χ3n) is 3.09. The van der Waals surface area contributed by atoms with E-state index in [0.717, 1.165) is 17.7 Å². The van der Waals surface area contributed by atoms with Gasteiger partial charge in [-0.1, -0.05) is 12.1 Å². The molecule has 2 nitrogen and oxygen atoms in total. The van der Waals surface area contributed by atoms with Crippen LogP contribution in [0.1, 0.15) is 31.4 Å². The van der Waals surface area contributed by atoms with E-state index in [1.807, 2.05) is 13.8 Å². The molecule has 0 saturated heterocycles. The maximum absolute atomic E-state index is 12.4. The summed E-state index contributed by atoms with van der Waals surface area (Å²) in [4.78, 5) is 0. The van der Waals surface area contributed by atoms with Gasteiger partial charge < -0.3 is 10.5 Å². The second-order valence-electron chi connectivity index (χ2n) is 5.33. The van der Waals surface area contributed by atoms with Gasteiger partial charge >= 0.3 is 6.18 Å². The molecule has 0 aliphatic rings. The minimum absolute atomic E-state index is 0.147. The Kier molecular flexibility index (Phi) is 4.98. The number of rotatable bonds is 5. The molecule has 0 radical (unpaired) electrons. The Labute approximate surface area is 111 Å². The number of ether oxygens (including phenoxy) is 1. The zero-order chi connectivity index (χ0) is 14.7. The first-order valence-corrected chi connectivity index (χ1v) is 6.11. The molecule has 0 fully saturated rings. The molecular weight excluding hydrogens is 255 g/mol. The van der Waals surface area contributed by atoms with Crippen LogP contribution in [0, 0.1) is 0 Å². The second-order valence-corrected chi connectivity index (χ2v) is 5.33. The molecule has 0 spiro atoms. The Morgan fingerprint density at radius 1 is 1.16 bits per heavy atom. The monoisotopic (exact) mass is 275 g/mol. The summed E-state index contributed by atoms with van der Waals surface area (Å²) in [5.74, 6) is 0. The molecule has 0 amide bonds. The summed E-state index contributed by atoms with van der Waals surface area (Å²) in [7, 11) is 1.62. The molecule has 0 bridgehead atoms. The molecule has 1 aromatic rings. The predicted molar refractivity (Wildman–Crippen MR) is 68.8 cm³/mol. The number of nitrogens with two attached hydrogens (primary N) is 1. The summed E-state index contributed by atoms with van der Waals surface area (Å²) in [6, 6.07) is 4.98. The summed E-state index contributed by atoms with van der Waals surface area (Å²) < 4.78 is 42.5. The van der Waals surface area contributed by atoms with Crippen molar-refractivity contribution in [2.45, 2.75) is 44.5 Å². The fraction of sp³-hybridized carbons (Fsp3) is 0.571. The van der Waals surface area contributed by atoms with Crippen LogP contribution in [-0.2, 0) is 17.3 Å². The predicted octanol–water partition coefficient (Wildman–Crippen LogP) is 3.39. The standard InChI is InChI=1S/C14H20F3NO/c1-13(2,19-3)9-12(18)8-10-4-6-11(7-5-10)14(15,16)17/h4-7,12H,8-9,18H2,1-3H3. The average molecular weight is 275 g/mol. The molecule has 19 heavy (non-hydrogen) atoms. The van der Waals surface area contributed by atoms with Crippen LogP contribution in [-0.4, -0.2) is 18.8 Å². The molecule has 0 aliphatic heterocycles. The Morgan fingerprint density at radius 3 is 2.11 bits per heavy atom. The summed E-state index contributed by atoms with van der Waals surface area (Å²) in [5, 5.41) is 0. The van der Waals surface area contributed by atoms with E-state index in [9.17, 15) is 13.2 Å². The number of halogens is 3.